The van der Waals surface area contributed by atoms with Gasteiger partial charge in [-0.15, -0.1) is 0 Å². The molecule has 0 bridgehead atoms. The lowest BCUT2D eigenvalue weighted by Crippen LogP contribution is -2.22. The summed E-state index contributed by atoms with van der Waals surface area (Å²) in [4.78, 5) is 0. The van der Waals surface area contributed by atoms with E-state index in [-0.39, 0.29) is 6.10 Å². The molecule has 62 valence electrons. The zero-order chi connectivity index (χ0) is 7.68. The number of rotatable bonds is 0. The van der Waals surface area contributed by atoms with Gasteiger partial charge in [-0.25, -0.2) is 0 Å². The predicted molar refractivity (Wildman–Crippen MR) is 45.3 cm³/mol. The van der Waals surface area contributed by atoms with Crippen molar-refractivity contribution in [2.75, 3.05) is 0 Å². The first-order valence-corrected chi connectivity index (χ1v) is 4.73. The average molecular weight is 152 g/mol. The van der Waals surface area contributed by atoms with Gasteiger partial charge in [0.25, 0.3) is 0 Å². The molecule has 0 aromatic heterocycles. The van der Waals surface area contributed by atoms with Crippen molar-refractivity contribution in [1.29, 1.82) is 0 Å². The van der Waals surface area contributed by atoms with E-state index < -0.39 is 0 Å². The van der Waals surface area contributed by atoms with Crippen molar-refractivity contribution >= 4 is 0 Å². The largest absolute Gasteiger partial charge is 0.393 e. The number of aliphatic hydroxyl groups is 1. The molecule has 1 N–H and O–H groups in total. The van der Waals surface area contributed by atoms with Gasteiger partial charge in [0.15, 0.2) is 0 Å². The Kier molecular flexibility index (Phi) is 1.99. The van der Waals surface area contributed by atoms with Crippen LogP contribution in [0.5, 0.6) is 0 Å². The molecule has 1 heteroatoms. The number of hydrogen-bond acceptors (Lipinski definition) is 1. The fourth-order valence-electron chi connectivity index (χ4n) is 2.35. The predicted octanol–water partition coefficient (Wildman–Crippen LogP) is 2.26. The van der Waals surface area contributed by atoms with Crippen LogP contribution in [0, 0.1) is 5.92 Å². The summed E-state index contributed by atoms with van der Waals surface area (Å²) in [5.74, 6) is 0.840. The molecule has 1 nitrogen and oxygen atoms in total. The van der Waals surface area contributed by atoms with Gasteiger partial charge in [0.2, 0.25) is 0 Å². The van der Waals surface area contributed by atoms with E-state index in [2.05, 4.69) is 6.08 Å². The molecule has 0 aromatic rings. The maximum absolute atomic E-state index is 9.41. The first-order valence-electron chi connectivity index (χ1n) is 4.73. The van der Waals surface area contributed by atoms with Gasteiger partial charge in [0.1, 0.15) is 0 Å². The lowest BCUT2D eigenvalue weighted by molar-refractivity contribution is 0.132. The Morgan fingerprint density at radius 3 is 3.09 bits per heavy atom. The van der Waals surface area contributed by atoms with Crippen molar-refractivity contribution in [3.8, 4) is 0 Å². The number of allylic oxidation sites excluding steroid dienone is 1. The minimum atomic E-state index is -0.0319. The van der Waals surface area contributed by atoms with E-state index in [0.29, 0.717) is 0 Å². The third-order valence-electron chi connectivity index (χ3n) is 3.01. The van der Waals surface area contributed by atoms with Gasteiger partial charge >= 0.3 is 0 Å². The summed E-state index contributed by atoms with van der Waals surface area (Å²) in [6, 6.07) is 0. The maximum Gasteiger partial charge on any atom is 0.0577 e. The van der Waals surface area contributed by atoms with Crippen molar-refractivity contribution in [1.82, 2.24) is 0 Å². The van der Waals surface area contributed by atoms with Crippen LogP contribution in [0.15, 0.2) is 11.6 Å². The molecule has 1 saturated carbocycles. The second-order valence-corrected chi connectivity index (χ2v) is 3.84. The van der Waals surface area contributed by atoms with Crippen molar-refractivity contribution in [3.63, 3.8) is 0 Å². The van der Waals surface area contributed by atoms with Gasteiger partial charge in [0, 0.05) is 0 Å². The summed E-state index contributed by atoms with van der Waals surface area (Å²) in [6.45, 7) is 0. The standard InChI is InChI=1S/C10H16O/c11-10-6-5-8-3-1-2-4-9(8)7-10/h4,8,10-11H,1-3,5-7H2/t8?,10-/m1/s1. The lowest BCUT2D eigenvalue weighted by atomic mass is 9.77. The molecule has 1 fully saturated rings. The zero-order valence-electron chi connectivity index (χ0n) is 6.92. The van der Waals surface area contributed by atoms with Gasteiger partial charge < -0.3 is 5.11 Å². The molecule has 2 aliphatic rings. The van der Waals surface area contributed by atoms with Crippen molar-refractivity contribution in [3.05, 3.63) is 11.6 Å². The summed E-state index contributed by atoms with van der Waals surface area (Å²) in [5, 5.41) is 9.41. The van der Waals surface area contributed by atoms with Crippen LogP contribution in [-0.4, -0.2) is 11.2 Å². The monoisotopic (exact) mass is 152 g/mol. The first-order chi connectivity index (χ1) is 5.36. The van der Waals surface area contributed by atoms with Gasteiger partial charge in [-0.1, -0.05) is 11.6 Å². The Balaban J connectivity index is 2.07. The quantitative estimate of drug-likeness (QED) is 0.528. The highest BCUT2D eigenvalue weighted by Crippen LogP contribution is 2.36. The molecule has 1 unspecified atom stereocenters. The van der Waals surface area contributed by atoms with E-state index in [1.54, 1.807) is 5.57 Å². The van der Waals surface area contributed by atoms with Crippen LogP contribution in [0.25, 0.3) is 0 Å². The number of fused-ring (bicyclic) bond motifs is 1. The summed E-state index contributed by atoms with van der Waals surface area (Å²) >= 11 is 0. The third kappa shape index (κ3) is 1.48. The van der Waals surface area contributed by atoms with Crippen LogP contribution >= 0.6 is 0 Å². The van der Waals surface area contributed by atoms with Crippen molar-refractivity contribution in [2.45, 2.75) is 44.6 Å². The Labute approximate surface area is 68.1 Å². The van der Waals surface area contributed by atoms with E-state index >= 15 is 0 Å². The second kappa shape index (κ2) is 2.98. The molecule has 0 aliphatic heterocycles. The summed E-state index contributed by atoms with van der Waals surface area (Å²) < 4.78 is 0. The third-order valence-corrected chi connectivity index (χ3v) is 3.01. The zero-order valence-corrected chi connectivity index (χ0v) is 6.92. The SMILES string of the molecule is O[C@@H]1CCC2CCCC=C2C1. The molecular weight excluding hydrogens is 136 g/mol. The normalized spacial score (nSPS) is 37.7. The topological polar surface area (TPSA) is 20.2 Å². The van der Waals surface area contributed by atoms with Crippen molar-refractivity contribution in [2.24, 2.45) is 5.92 Å². The molecule has 2 aliphatic carbocycles. The van der Waals surface area contributed by atoms with Gasteiger partial charge in [-0.3, -0.25) is 0 Å². The fourth-order valence-corrected chi connectivity index (χ4v) is 2.35. The molecule has 2 rings (SSSR count). The van der Waals surface area contributed by atoms with Crippen LogP contribution in [0.3, 0.4) is 0 Å². The fraction of sp³-hybridized carbons (Fsp3) is 0.800. The first kappa shape index (κ1) is 7.35. The number of hydrogen-bond donors (Lipinski definition) is 1. The van der Waals surface area contributed by atoms with E-state index in [0.717, 1.165) is 18.8 Å². The molecule has 0 saturated heterocycles. The second-order valence-electron chi connectivity index (χ2n) is 3.84. The molecule has 2 atom stereocenters. The van der Waals surface area contributed by atoms with Gasteiger partial charge in [0.05, 0.1) is 6.10 Å². The van der Waals surface area contributed by atoms with Gasteiger partial charge in [-0.2, -0.15) is 0 Å². The van der Waals surface area contributed by atoms with E-state index in [1.165, 1.54) is 25.7 Å². The highest BCUT2D eigenvalue weighted by atomic mass is 16.3. The minimum Gasteiger partial charge on any atom is -0.393 e. The summed E-state index contributed by atoms with van der Waals surface area (Å²) in [5.41, 5.74) is 1.55. The smallest absolute Gasteiger partial charge is 0.0577 e. The Morgan fingerprint density at radius 2 is 2.18 bits per heavy atom. The highest BCUT2D eigenvalue weighted by molar-refractivity contribution is 5.13. The molecule has 0 amide bonds. The Hall–Kier alpha value is -0.300. The van der Waals surface area contributed by atoms with Crippen LogP contribution in [0.2, 0.25) is 0 Å². The van der Waals surface area contributed by atoms with Crippen molar-refractivity contribution < 1.29 is 5.11 Å². The van der Waals surface area contributed by atoms with Crippen LogP contribution < -0.4 is 0 Å². The Morgan fingerprint density at radius 1 is 1.27 bits per heavy atom. The summed E-state index contributed by atoms with van der Waals surface area (Å²) in [7, 11) is 0. The van der Waals surface area contributed by atoms with Crippen LogP contribution in [-0.2, 0) is 0 Å². The Bertz CT molecular complexity index is 172. The van der Waals surface area contributed by atoms with Gasteiger partial charge in [-0.05, 0) is 44.4 Å². The molecule has 0 heterocycles. The lowest BCUT2D eigenvalue weighted by Gasteiger charge is -2.31. The molecule has 0 radical (unpaired) electrons. The molecular formula is C10H16O. The van der Waals surface area contributed by atoms with E-state index in [9.17, 15) is 5.11 Å². The molecule has 11 heavy (non-hydrogen) atoms. The average Bonchev–Trinajstić information content (AvgIpc) is 2.04. The van der Waals surface area contributed by atoms with E-state index in [1.807, 2.05) is 0 Å². The number of aliphatic hydroxyl groups excluding tert-OH is 1. The van der Waals surface area contributed by atoms with Crippen LogP contribution in [0.4, 0.5) is 0 Å². The molecule has 0 aromatic carbocycles. The van der Waals surface area contributed by atoms with E-state index in [4.69, 9.17) is 0 Å². The maximum atomic E-state index is 9.41. The summed E-state index contributed by atoms with van der Waals surface area (Å²) in [6.07, 6.45) is 9.54. The highest BCUT2D eigenvalue weighted by Gasteiger charge is 2.25. The van der Waals surface area contributed by atoms with Crippen LogP contribution in [0.1, 0.15) is 38.5 Å². The minimum absolute atomic E-state index is 0.0319. The molecule has 0 spiro atoms.